The van der Waals surface area contributed by atoms with E-state index in [4.69, 9.17) is 16.3 Å². The summed E-state index contributed by atoms with van der Waals surface area (Å²) < 4.78 is 5.46. The summed E-state index contributed by atoms with van der Waals surface area (Å²) in [5.41, 5.74) is 1.02. The molecule has 1 fully saturated rings. The van der Waals surface area contributed by atoms with Gasteiger partial charge in [-0.3, -0.25) is 4.79 Å². The normalized spacial score (nSPS) is 16.4. The van der Waals surface area contributed by atoms with Crippen LogP contribution in [0.2, 0.25) is 5.02 Å². The minimum atomic E-state index is -0.139. The summed E-state index contributed by atoms with van der Waals surface area (Å²) in [5.74, 6) is 0.788. The molecule has 2 N–H and O–H groups in total. The summed E-state index contributed by atoms with van der Waals surface area (Å²) in [5, 5.41) is 7.02. The summed E-state index contributed by atoms with van der Waals surface area (Å²) >= 11 is 5.89. The van der Waals surface area contributed by atoms with Crippen LogP contribution in [0, 0.1) is 5.92 Å². The van der Waals surface area contributed by atoms with E-state index in [-0.39, 0.29) is 24.4 Å². The second-order valence-corrected chi connectivity index (χ2v) is 6.25. The molecule has 0 radical (unpaired) electrons. The molecular formula is C17H26Cl2N2O2. The molecule has 1 atom stereocenters. The molecule has 2 rings (SSSR count). The molecule has 130 valence electrons. The number of halogens is 2. The maximum atomic E-state index is 12.0. The van der Waals surface area contributed by atoms with Gasteiger partial charge in [0.15, 0.2) is 0 Å². The zero-order valence-electron chi connectivity index (χ0n) is 13.5. The highest BCUT2D eigenvalue weighted by Gasteiger charge is 2.16. The molecular weight excluding hydrogens is 335 g/mol. The van der Waals surface area contributed by atoms with Crippen LogP contribution in [0.15, 0.2) is 24.3 Å². The standard InChI is InChI=1S/C17H25ClN2O2.ClH/c1-22-16(14-3-5-15(18)6-4-14)12-20-17(21)7-2-13-8-10-19-11-9-13;/h3-6,13,16,19H,2,7-12H2,1H3,(H,20,21);1H. The van der Waals surface area contributed by atoms with E-state index >= 15 is 0 Å². The first-order valence-corrected chi connectivity index (χ1v) is 8.32. The van der Waals surface area contributed by atoms with Crippen LogP contribution in [-0.2, 0) is 9.53 Å². The Labute approximate surface area is 149 Å². The van der Waals surface area contributed by atoms with Crippen LogP contribution in [0.1, 0.15) is 37.4 Å². The van der Waals surface area contributed by atoms with Crippen molar-refractivity contribution >= 4 is 29.9 Å². The Hall–Kier alpha value is -0.810. The number of nitrogens with one attached hydrogen (secondary N) is 2. The summed E-state index contributed by atoms with van der Waals surface area (Å²) in [6.07, 6.45) is 3.80. The van der Waals surface area contributed by atoms with E-state index in [1.54, 1.807) is 7.11 Å². The van der Waals surface area contributed by atoms with Crippen molar-refractivity contribution in [2.75, 3.05) is 26.7 Å². The minimum absolute atomic E-state index is 0. The summed E-state index contributed by atoms with van der Waals surface area (Å²) in [4.78, 5) is 12.0. The number of amides is 1. The molecule has 0 spiro atoms. The second-order valence-electron chi connectivity index (χ2n) is 5.81. The highest BCUT2D eigenvalue weighted by Crippen LogP contribution is 2.19. The Morgan fingerprint density at radius 1 is 1.35 bits per heavy atom. The highest BCUT2D eigenvalue weighted by molar-refractivity contribution is 6.30. The highest BCUT2D eigenvalue weighted by atomic mass is 35.5. The van der Waals surface area contributed by atoms with Crippen molar-refractivity contribution in [3.8, 4) is 0 Å². The first-order chi connectivity index (χ1) is 10.7. The topological polar surface area (TPSA) is 50.4 Å². The van der Waals surface area contributed by atoms with E-state index in [9.17, 15) is 4.79 Å². The SMILES string of the molecule is COC(CNC(=O)CCC1CCNCC1)c1ccc(Cl)cc1.Cl. The smallest absolute Gasteiger partial charge is 0.220 e. The average Bonchev–Trinajstić information content (AvgIpc) is 2.56. The van der Waals surface area contributed by atoms with E-state index in [0.29, 0.717) is 23.9 Å². The molecule has 1 saturated heterocycles. The van der Waals surface area contributed by atoms with Crippen LogP contribution in [0.3, 0.4) is 0 Å². The van der Waals surface area contributed by atoms with E-state index in [1.165, 1.54) is 12.8 Å². The quantitative estimate of drug-likeness (QED) is 0.783. The lowest BCUT2D eigenvalue weighted by molar-refractivity contribution is -0.122. The Balaban J connectivity index is 0.00000264. The fourth-order valence-corrected chi connectivity index (χ4v) is 2.94. The Kier molecular flexibility index (Phi) is 9.56. The molecule has 1 aliphatic rings. The molecule has 0 aromatic heterocycles. The van der Waals surface area contributed by atoms with E-state index in [1.807, 2.05) is 24.3 Å². The van der Waals surface area contributed by atoms with Crippen molar-refractivity contribution in [3.63, 3.8) is 0 Å². The predicted molar refractivity (Wildman–Crippen MR) is 96.3 cm³/mol. The first-order valence-electron chi connectivity index (χ1n) is 7.94. The van der Waals surface area contributed by atoms with Crippen LogP contribution < -0.4 is 10.6 Å². The predicted octanol–water partition coefficient (Wildman–Crippen LogP) is 3.35. The monoisotopic (exact) mass is 360 g/mol. The number of benzene rings is 1. The van der Waals surface area contributed by atoms with Gasteiger partial charge in [-0.05, 0) is 56.0 Å². The number of rotatable bonds is 7. The number of hydrogen-bond acceptors (Lipinski definition) is 3. The van der Waals surface area contributed by atoms with Crippen LogP contribution >= 0.6 is 24.0 Å². The third-order valence-corrected chi connectivity index (χ3v) is 4.50. The van der Waals surface area contributed by atoms with Gasteiger partial charge < -0.3 is 15.4 Å². The van der Waals surface area contributed by atoms with Crippen LogP contribution in [0.5, 0.6) is 0 Å². The van der Waals surface area contributed by atoms with Gasteiger partial charge in [0.2, 0.25) is 5.91 Å². The Morgan fingerprint density at radius 2 is 2.00 bits per heavy atom. The molecule has 23 heavy (non-hydrogen) atoms. The van der Waals surface area contributed by atoms with Crippen molar-refractivity contribution in [1.82, 2.24) is 10.6 Å². The zero-order chi connectivity index (χ0) is 15.8. The molecule has 4 nitrogen and oxygen atoms in total. The van der Waals surface area contributed by atoms with Gasteiger partial charge in [0.05, 0.1) is 6.10 Å². The summed E-state index contributed by atoms with van der Waals surface area (Å²) in [6.45, 7) is 2.65. The molecule has 1 amide bonds. The van der Waals surface area contributed by atoms with Gasteiger partial charge in [0, 0.05) is 25.1 Å². The zero-order valence-corrected chi connectivity index (χ0v) is 15.1. The molecule has 0 saturated carbocycles. The maximum Gasteiger partial charge on any atom is 0.220 e. The first kappa shape index (κ1) is 20.2. The molecule has 1 heterocycles. The molecule has 1 aromatic carbocycles. The Bertz CT molecular complexity index is 462. The van der Waals surface area contributed by atoms with Crippen molar-refractivity contribution in [2.45, 2.75) is 31.8 Å². The maximum absolute atomic E-state index is 12.0. The second kappa shape index (κ2) is 10.9. The van der Waals surface area contributed by atoms with Crippen LogP contribution in [-0.4, -0.2) is 32.7 Å². The van der Waals surface area contributed by atoms with E-state index < -0.39 is 0 Å². The lowest BCUT2D eigenvalue weighted by Crippen LogP contribution is -2.31. The van der Waals surface area contributed by atoms with Gasteiger partial charge in [0.25, 0.3) is 0 Å². The van der Waals surface area contributed by atoms with Crippen molar-refractivity contribution < 1.29 is 9.53 Å². The molecule has 0 bridgehead atoms. The van der Waals surface area contributed by atoms with Crippen LogP contribution in [0.4, 0.5) is 0 Å². The number of ether oxygens (including phenoxy) is 1. The van der Waals surface area contributed by atoms with E-state index in [0.717, 1.165) is 25.1 Å². The van der Waals surface area contributed by atoms with Gasteiger partial charge in [-0.1, -0.05) is 23.7 Å². The fraction of sp³-hybridized carbons (Fsp3) is 0.588. The van der Waals surface area contributed by atoms with Gasteiger partial charge in [-0.15, -0.1) is 12.4 Å². The van der Waals surface area contributed by atoms with Crippen molar-refractivity contribution in [1.29, 1.82) is 0 Å². The molecule has 1 aliphatic heterocycles. The number of piperidine rings is 1. The lowest BCUT2D eigenvalue weighted by Gasteiger charge is -2.22. The van der Waals surface area contributed by atoms with Crippen LogP contribution in [0.25, 0.3) is 0 Å². The third-order valence-electron chi connectivity index (χ3n) is 4.25. The number of methoxy groups -OCH3 is 1. The minimum Gasteiger partial charge on any atom is -0.375 e. The fourth-order valence-electron chi connectivity index (χ4n) is 2.82. The summed E-state index contributed by atoms with van der Waals surface area (Å²) in [7, 11) is 1.65. The van der Waals surface area contributed by atoms with Gasteiger partial charge in [0.1, 0.15) is 0 Å². The lowest BCUT2D eigenvalue weighted by atomic mass is 9.93. The number of carbonyl (C=O) groups is 1. The Morgan fingerprint density at radius 3 is 2.61 bits per heavy atom. The van der Waals surface area contributed by atoms with Gasteiger partial charge in [-0.2, -0.15) is 0 Å². The number of carbonyl (C=O) groups excluding carboxylic acids is 1. The van der Waals surface area contributed by atoms with Crippen molar-refractivity contribution in [3.05, 3.63) is 34.9 Å². The van der Waals surface area contributed by atoms with Gasteiger partial charge in [-0.25, -0.2) is 0 Å². The van der Waals surface area contributed by atoms with Gasteiger partial charge >= 0.3 is 0 Å². The van der Waals surface area contributed by atoms with E-state index in [2.05, 4.69) is 10.6 Å². The molecule has 6 heteroatoms. The summed E-state index contributed by atoms with van der Waals surface area (Å²) in [6, 6.07) is 7.53. The molecule has 1 unspecified atom stereocenters. The largest absolute Gasteiger partial charge is 0.375 e. The molecule has 0 aliphatic carbocycles. The average molecular weight is 361 g/mol. The third kappa shape index (κ3) is 7.08. The van der Waals surface area contributed by atoms with Crippen molar-refractivity contribution in [2.24, 2.45) is 5.92 Å². The molecule has 1 aromatic rings. The number of hydrogen-bond donors (Lipinski definition) is 2.